The number of alkyl halides is 1. The zero-order valence-corrected chi connectivity index (χ0v) is 47.6. The Hall–Kier alpha value is -4.87. The van der Waals surface area contributed by atoms with Crippen molar-refractivity contribution < 1.29 is 118 Å². The van der Waals surface area contributed by atoms with E-state index in [1.807, 2.05) is 44.2 Å². The van der Waals surface area contributed by atoms with E-state index in [-0.39, 0.29) is 108 Å². The summed E-state index contributed by atoms with van der Waals surface area (Å²) in [5.74, 6) is -0.213. The molecule has 26 heteroatoms. The summed E-state index contributed by atoms with van der Waals surface area (Å²) >= 11 is 0. The van der Waals surface area contributed by atoms with Crippen LogP contribution in [0.25, 0.3) is 31.9 Å². The van der Waals surface area contributed by atoms with Gasteiger partial charge < -0.3 is 44.6 Å². The van der Waals surface area contributed by atoms with E-state index in [1.54, 1.807) is 59.1 Å². The molecule has 0 radical (unpaired) electrons. The molecule has 2 saturated heterocycles. The average Bonchev–Trinajstić information content (AvgIpc) is 4.10. The Labute approximate surface area is 468 Å². The molecule has 4 aromatic heterocycles. The Balaban J connectivity index is 0.000000294. The van der Waals surface area contributed by atoms with Crippen LogP contribution in [-0.2, 0) is 13.9 Å². The van der Waals surface area contributed by atoms with Crippen LogP contribution < -0.4 is 84.2 Å². The fourth-order valence-corrected chi connectivity index (χ4v) is 9.27. The molecule has 2 aliphatic heterocycles. The van der Waals surface area contributed by atoms with Crippen LogP contribution in [0.3, 0.4) is 0 Å². The monoisotopic (exact) mass is 1120 g/mol. The second-order valence-electron chi connectivity index (χ2n) is 17.7. The zero-order chi connectivity index (χ0) is 51.0. The quantitative estimate of drug-likeness (QED) is 0.0508. The maximum Gasteiger partial charge on any atom is 1.00 e. The van der Waals surface area contributed by atoms with Gasteiger partial charge in [-0.15, -0.1) is 0 Å². The molecule has 2 amide bonds. The minimum absolute atomic E-state index is 0. The van der Waals surface area contributed by atoms with Crippen molar-refractivity contribution >= 4 is 42.8 Å². The first-order valence-corrected chi connectivity index (χ1v) is 24.6. The fraction of sp³-hybridized carbons (Fsp3) is 0.422. The van der Waals surface area contributed by atoms with E-state index in [4.69, 9.17) is 20.8 Å². The standard InChI is InChI=1S/C26H35N7O3Si.C18H17N7O5.CH3F.Cs.FH/c1-8-26(31-32-27)17(2)21(36-37(6,7)25(3,4)5)22(35-26)19-14-15-20-23(28-16-29-33(19)20)30-24(34)18-12-10-9-11-13-18;19-24-23-18(8-26)15(28)13(27)14(30-18)11-6-7-12-16(20-9-21-25(11)12)22-17(29)10-4-2-1-3-5-10;1-2;;/h9-17,21-22H,8H2,1-7H3,(H,28,29,30,34);1-7,9,13-15,26-28H,8H2,(H,20,21,22,29);1H3;;1H/q;;;+1;/p-1/t17-,21+,22-,26+;13-,14-,15-,18+;;;/m00.../s1/i;;1D;;. The molecule has 0 bridgehead atoms. The molecule has 0 unspecified atom stereocenters. The molecule has 8 atom stereocenters. The van der Waals surface area contributed by atoms with Gasteiger partial charge in [0, 0.05) is 26.9 Å². The number of carbonyl (C=O) groups is 2. The Kier molecular flexibility index (Phi) is 19.8. The molecule has 22 nitrogen and oxygen atoms in total. The van der Waals surface area contributed by atoms with E-state index in [2.05, 4.69) is 84.7 Å². The van der Waals surface area contributed by atoms with Crippen LogP contribution in [0.1, 0.15) is 86.7 Å². The van der Waals surface area contributed by atoms with E-state index in [9.17, 15) is 34.8 Å². The molecule has 0 spiro atoms. The van der Waals surface area contributed by atoms with Crippen molar-refractivity contribution in [3.8, 4) is 0 Å². The molecule has 0 saturated carbocycles. The number of rotatable bonds is 12. The van der Waals surface area contributed by atoms with Gasteiger partial charge in [0.15, 0.2) is 31.4 Å². The molecule has 2 aliphatic rings. The number of amides is 2. The maximum absolute atomic E-state index is 12.8. The topological polar surface area (TPSA) is 304 Å². The van der Waals surface area contributed by atoms with Gasteiger partial charge in [0.2, 0.25) is 0 Å². The van der Waals surface area contributed by atoms with Crippen LogP contribution in [0.5, 0.6) is 0 Å². The summed E-state index contributed by atoms with van der Waals surface area (Å²) in [6.07, 6.45) is -2.10. The molecule has 2 fully saturated rings. The van der Waals surface area contributed by atoms with Gasteiger partial charge in [-0.3, -0.25) is 14.0 Å². The van der Waals surface area contributed by atoms with E-state index in [0.717, 1.165) is 5.69 Å². The third kappa shape index (κ3) is 12.0. The zero-order valence-electron chi connectivity index (χ0n) is 41.3. The number of nitrogens with one attached hydrogen (secondary N) is 2. The van der Waals surface area contributed by atoms with Crippen LogP contribution in [-0.4, -0.2) is 108 Å². The van der Waals surface area contributed by atoms with E-state index in [1.165, 1.54) is 17.2 Å². The van der Waals surface area contributed by atoms with Crippen molar-refractivity contribution in [3.05, 3.63) is 141 Å². The number of hydrogen-bond acceptors (Lipinski definition) is 14. The van der Waals surface area contributed by atoms with Gasteiger partial charge in [-0.05, 0) is 84.1 Å². The largest absolute Gasteiger partial charge is 1.00 e. The molecular weight excluding hydrogens is 1060 g/mol. The normalized spacial score (nSPS) is 23.7. The Morgan fingerprint density at radius 3 is 1.70 bits per heavy atom. The van der Waals surface area contributed by atoms with E-state index < -0.39 is 57.9 Å². The first-order chi connectivity index (χ1) is 33.4. The molecule has 6 aromatic rings. The number of aliphatic hydroxyl groups is 3. The maximum atomic E-state index is 12.8. The minimum Gasteiger partial charge on any atom is -1.00 e. The summed E-state index contributed by atoms with van der Waals surface area (Å²) in [6.45, 7) is 14.1. The van der Waals surface area contributed by atoms with Gasteiger partial charge in [0.05, 0.1) is 32.6 Å². The van der Waals surface area contributed by atoms with Gasteiger partial charge in [-0.2, -0.15) is 10.2 Å². The number of halogens is 2. The number of aliphatic hydroxyl groups excluding tert-OH is 3. The number of carbonyl (C=O) groups excluding carboxylic acids is 2. The van der Waals surface area contributed by atoms with Crippen LogP contribution >= 0.6 is 0 Å². The van der Waals surface area contributed by atoms with E-state index >= 15 is 0 Å². The summed E-state index contributed by atoms with van der Waals surface area (Å²) in [5.41, 5.74) is 18.1. The third-order valence-electron chi connectivity index (χ3n) is 12.7. The number of hydrogen-bond donors (Lipinski definition) is 5. The van der Waals surface area contributed by atoms with Gasteiger partial charge in [-0.25, -0.2) is 19.0 Å². The van der Waals surface area contributed by atoms with Crippen molar-refractivity contribution in [3.63, 3.8) is 0 Å². The van der Waals surface area contributed by atoms with Crippen molar-refractivity contribution in [2.24, 2.45) is 16.1 Å². The molecule has 6 heterocycles. The predicted molar refractivity (Wildman–Crippen MR) is 254 cm³/mol. The molecule has 8 rings (SSSR count). The minimum atomic E-state index is -2.22. The molecule has 2 aromatic carbocycles. The van der Waals surface area contributed by atoms with Crippen molar-refractivity contribution in [2.45, 2.75) is 101 Å². The van der Waals surface area contributed by atoms with Gasteiger partial charge in [-0.1, -0.05) is 81.2 Å². The van der Waals surface area contributed by atoms with Gasteiger partial charge in [0.25, 0.3) is 11.8 Å². The number of fused-ring (bicyclic) bond motifs is 2. The molecule has 0 aliphatic carbocycles. The summed E-state index contributed by atoms with van der Waals surface area (Å²) in [7, 11) is -3.22. The summed E-state index contributed by atoms with van der Waals surface area (Å²) < 4.78 is 37.7. The SMILES string of the molecule is CC[C@@]1(N=[N+]=[N-])O[C@@H](c2ccc3c(NC(=O)c4ccccc4)ncnn23)[C@H](O[Si](C)(C)C(C)(C)C)[C@@H]1C.[2H]CF.[Cs+].[F-].[N-]=[N+]=N[C@]1(CO)O[C@@H](c2ccc3c(NC(=O)c4ccccc4)ncnn23)[C@H](O)[C@@H]1O. The van der Waals surface area contributed by atoms with Crippen molar-refractivity contribution in [1.29, 1.82) is 0 Å². The third-order valence-corrected chi connectivity index (χ3v) is 17.2. The number of anilines is 2. The summed E-state index contributed by atoms with van der Waals surface area (Å²) in [6, 6.07) is 24.5. The fourth-order valence-electron chi connectivity index (χ4n) is 7.91. The number of nitrogens with zero attached hydrogens (tertiary/aromatic N) is 12. The van der Waals surface area contributed by atoms with Crippen LogP contribution in [0.4, 0.5) is 16.0 Å². The van der Waals surface area contributed by atoms with E-state index in [0.29, 0.717) is 40.1 Å². The van der Waals surface area contributed by atoms with Crippen molar-refractivity contribution in [2.75, 3.05) is 24.4 Å². The molecule has 372 valence electrons. The predicted octanol–water partition coefficient (Wildman–Crippen LogP) is 1.86. The first-order valence-electron chi connectivity index (χ1n) is 22.4. The van der Waals surface area contributed by atoms with Crippen LogP contribution in [0.15, 0.2) is 108 Å². The second kappa shape index (κ2) is 24.7. The number of aromatic nitrogens is 6. The Morgan fingerprint density at radius 2 is 1.28 bits per heavy atom. The average molecular weight is 1120 g/mol. The van der Waals surface area contributed by atoms with Crippen molar-refractivity contribution in [1.82, 2.24) is 29.2 Å². The molecular formula is C45H55CsF2N14O8Si. The van der Waals surface area contributed by atoms with Gasteiger partial charge in [0.1, 0.15) is 48.1 Å². The van der Waals surface area contributed by atoms with Crippen LogP contribution in [0.2, 0.25) is 18.1 Å². The summed E-state index contributed by atoms with van der Waals surface area (Å²) in [5, 5.41) is 51.9. The smallest absolute Gasteiger partial charge is 1.00 e. The summed E-state index contributed by atoms with van der Waals surface area (Å²) in [4.78, 5) is 39.4. The number of benzene rings is 2. The number of azide groups is 2. The second-order valence-corrected chi connectivity index (χ2v) is 22.4. The molecule has 5 N–H and O–H groups in total. The molecule has 71 heavy (non-hydrogen) atoms. The Morgan fingerprint density at radius 1 is 0.845 bits per heavy atom. The van der Waals surface area contributed by atoms with Crippen LogP contribution in [0, 0.1) is 5.92 Å². The Bertz CT molecular complexity index is 2890. The van der Waals surface area contributed by atoms with Gasteiger partial charge >= 0.3 is 68.9 Å². The number of ether oxygens (including phenoxy) is 2. The first kappa shape index (κ1) is 57.0.